The number of nitrogens with zero attached hydrogens (tertiary/aromatic N) is 3. The number of H-pyrrole nitrogens is 1. The molecule has 2 heterocycles. The minimum Gasteiger partial charge on any atom is -0.325 e. The first-order valence-corrected chi connectivity index (χ1v) is 11.0. The number of aromatic nitrogens is 4. The molecule has 0 saturated heterocycles. The fourth-order valence-corrected chi connectivity index (χ4v) is 4.18. The lowest BCUT2D eigenvalue weighted by molar-refractivity contribution is -0.115. The van der Waals surface area contributed by atoms with E-state index in [2.05, 4.69) is 25.5 Å². The lowest BCUT2D eigenvalue weighted by Crippen LogP contribution is -2.15. The molecule has 5 rings (SSSR count). The number of benzene rings is 3. The van der Waals surface area contributed by atoms with Gasteiger partial charge < -0.3 is 5.32 Å². The summed E-state index contributed by atoms with van der Waals surface area (Å²) in [6.45, 7) is 0. The molecule has 0 fully saturated rings. The molecule has 6 nitrogen and oxygen atoms in total. The van der Waals surface area contributed by atoms with E-state index in [0.717, 1.165) is 27.4 Å². The zero-order valence-corrected chi connectivity index (χ0v) is 17.8. The van der Waals surface area contributed by atoms with E-state index < -0.39 is 0 Å². The van der Waals surface area contributed by atoms with Crippen LogP contribution in [0.1, 0.15) is 5.69 Å². The zero-order chi connectivity index (χ0) is 21.8. The van der Waals surface area contributed by atoms with E-state index in [9.17, 15) is 4.79 Å². The Hall–Kier alpha value is -4.10. The van der Waals surface area contributed by atoms with Gasteiger partial charge in [-0.3, -0.25) is 9.89 Å². The number of hydrogen-bond donors (Lipinski definition) is 2. The molecule has 7 heteroatoms. The third kappa shape index (κ3) is 4.33. The van der Waals surface area contributed by atoms with E-state index in [-0.39, 0.29) is 12.3 Å². The molecular weight excluding hydrogens is 418 g/mol. The van der Waals surface area contributed by atoms with E-state index in [1.54, 1.807) is 0 Å². The molecule has 0 aliphatic carbocycles. The van der Waals surface area contributed by atoms with Crippen molar-refractivity contribution in [2.45, 2.75) is 6.42 Å². The molecule has 0 saturated carbocycles. The molecule has 0 aliphatic heterocycles. The van der Waals surface area contributed by atoms with Crippen molar-refractivity contribution in [1.82, 2.24) is 20.2 Å². The summed E-state index contributed by atoms with van der Waals surface area (Å²) in [5.41, 5.74) is 4.17. The molecule has 1 amide bonds. The number of carbonyl (C=O) groups excluding carboxylic acids is 1. The fourth-order valence-electron chi connectivity index (χ4n) is 3.36. The lowest BCUT2D eigenvalue weighted by atomic mass is 10.1. The molecule has 32 heavy (non-hydrogen) atoms. The highest BCUT2D eigenvalue weighted by atomic mass is 32.1. The standard InChI is InChI=1S/C25H19N5OS/c31-22(15-19-16-32-25(26-19)18-11-5-2-6-12-18)27-21-14-8-7-13-20(21)24-28-23(29-30-24)17-9-3-1-4-10-17/h1-14,16H,15H2,(H,27,31)(H,28,29,30). The van der Waals surface area contributed by atoms with Crippen LogP contribution < -0.4 is 5.32 Å². The van der Waals surface area contributed by atoms with E-state index in [1.165, 1.54) is 11.3 Å². The average molecular weight is 438 g/mol. The van der Waals surface area contributed by atoms with Crippen LogP contribution in [0.15, 0.2) is 90.3 Å². The second-order valence-electron chi connectivity index (χ2n) is 7.15. The number of carbonyl (C=O) groups is 1. The summed E-state index contributed by atoms with van der Waals surface area (Å²) in [5, 5.41) is 13.1. The van der Waals surface area contributed by atoms with Crippen molar-refractivity contribution in [3.8, 4) is 33.3 Å². The summed E-state index contributed by atoms with van der Waals surface area (Å²) in [6.07, 6.45) is 0.198. The Labute approximate surface area is 189 Å². The van der Waals surface area contributed by atoms with Gasteiger partial charge in [0.15, 0.2) is 11.6 Å². The van der Waals surface area contributed by atoms with Crippen molar-refractivity contribution in [2.24, 2.45) is 0 Å². The molecule has 0 spiro atoms. The molecule has 0 radical (unpaired) electrons. The van der Waals surface area contributed by atoms with Gasteiger partial charge in [-0.2, -0.15) is 5.10 Å². The van der Waals surface area contributed by atoms with Crippen LogP contribution in [-0.4, -0.2) is 26.1 Å². The van der Waals surface area contributed by atoms with Gasteiger partial charge in [-0.25, -0.2) is 9.97 Å². The highest BCUT2D eigenvalue weighted by Crippen LogP contribution is 2.27. The Kier molecular flexibility index (Phi) is 5.55. The Morgan fingerprint density at radius 2 is 1.53 bits per heavy atom. The molecule has 0 atom stereocenters. The van der Waals surface area contributed by atoms with E-state index in [4.69, 9.17) is 0 Å². The minimum absolute atomic E-state index is 0.134. The number of amides is 1. The van der Waals surface area contributed by atoms with Crippen LogP contribution in [0.25, 0.3) is 33.3 Å². The quantitative estimate of drug-likeness (QED) is 0.370. The van der Waals surface area contributed by atoms with Gasteiger partial charge in [0.25, 0.3) is 0 Å². The molecule has 3 aromatic carbocycles. The number of nitrogens with one attached hydrogen (secondary N) is 2. The molecule has 0 bridgehead atoms. The highest BCUT2D eigenvalue weighted by molar-refractivity contribution is 7.13. The second kappa shape index (κ2) is 8.95. The molecule has 2 N–H and O–H groups in total. The Morgan fingerprint density at radius 3 is 2.31 bits per heavy atom. The number of aromatic amines is 1. The van der Waals surface area contributed by atoms with Crippen LogP contribution in [0.3, 0.4) is 0 Å². The number of anilines is 1. The topological polar surface area (TPSA) is 83.6 Å². The molecular formula is C25H19N5OS. The normalized spacial score (nSPS) is 10.8. The number of hydrogen-bond acceptors (Lipinski definition) is 5. The molecule has 2 aromatic heterocycles. The fraction of sp³-hybridized carbons (Fsp3) is 0.0400. The molecule has 5 aromatic rings. The van der Waals surface area contributed by atoms with Crippen molar-refractivity contribution in [2.75, 3.05) is 5.32 Å². The predicted octanol–water partition coefficient (Wildman–Crippen LogP) is 5.44. The van der Waals surface area contributed by atoms with Crippen LogP contribution in [0.5, 0.6) is 0 Å². The number of rotatable bonds is 6. The van der Waals surface area contributed by atoms with Gasteiger partial charge in [0.05, 0.1) is 17.8 Å². The monoisotopic (exact) mass is 437 g/mol. The van der Waals surface area contributed by atoms with Crippen LogP contribution in [0.2, 0.25) is 0 Å². The first-order chi connectivity index (χ1) is 15.8. The minimum atomic E-state index is -0.134. The average Bonchev–Trinajstić information content (AvgIpc) is 3.51. The van der Waals surface area contributed by atoms with Crippen molar-refractivity contribution in [3.63, 3.8) is 0 Å². The van der Waals surface area contributed by atoms with E-state index in [0.29, 0.717) is 17.3 Å². The van der Waals surface area contributed by atoms with Crippen molar-refractivity contribution >= 4 is 22.9 Å². The number of thiazole rings is 1. The molecule has 0 aliphatic rings. The maximum atomic E-state index is 12.7. The maximum Gasteiger partial charge on any atom is 0.230 e. The van der Waals surface area contributed by atoms with E-state index >= 15 is 0 Å². The maximum absolute atomic E-state index is 12.7. The number of para-hydroxylation sites is 1. The van der Waals surface area contributed by atoms with Crippen molar-refractivity contribution < 1.29 is 4.79 Å². The van der Waals surface area contributed by atoms with Gasteiger partial charge in [-0.1, -0.05) is 72.8 Å². The van der Waals surface area contributed by atoms with Gasteiger partial charge in [-0.05, 0) is 12.1 Å². The summed E-state index contributed by atoms with van der Waals surface area (Å²) in [4.78, 5) is 22.0. The summed E-state index contributed by atoms with van der Waals surface area (Å²) in [6, 6.07) is 27.3. The van der Waals surface area contributed by atoms with Gasteiger partial charge in [0.2, 0.25) is 5.91 Å². The molecule has 0 unspecified atom stereocenters. The smallest absolute Gasteiger partial charge is 0.230 e. The molecule has 156 valence electrons. The SMILES string of the molecule is O=C(Cc1csc(-c2ccccc2)n1)Nc1ccccc1-c1nc(-c2ccccc2)n[nH]1. The van der Waals surface area contributed by atoms with Crippen molar-refractivity contribution in [1.29, 1.82) is 0 Å². The summed E-state index contributed by atoms with van der Waals surface area (Å²) < 4.78 is 0. The van der Waals surface area contributed by atoms with Gasteiger partial charge in [0, 0.05) is 22.1 Å². The highest BCUT2D eigenvalue weighted by Gasteiger charge is 2.14. The predicted molar refractivity (Wildman–Crippen MR) is 127 cm³/mol. The van der Waals surface area contributed by atoms with Gasteiger partial charge in [-0.15, -0.1) is 11.3 Å². The zero-order valence-electron chi connectivity index (χ0n) is 17.0. The van der Waals surface area contributed by atoms with Gasteiger partial charge >= 0.3 is 0 Å². The van der Waals surface area contributed by atoms with E-state index in [1.807, 2.05) is 90.3 Å². The Morgan fingerprint density at radius 1 is 0.844 bits per heavy atom. The van der Waals surface area contributed by atoms with Crippen LogP contribution in [0.4, 0.5) is 5.69 Å². The van der Waals surface area contributed by atoms with Gasteiger partial charge in [0.1, 0.15) is 5.01 Å². The summed E-state index contributed by atoms with van der Waals surface area (Å²) in [7, 11) is 0. The lowest BCUT2D eigenvalue weighted by Gasteiger charge is -2.08. The Balaban J connectivity index is 1.32. The second-order valence-corrected chi connectivity index (χ2v) is 8.01. The van der Waals surface area contributed by atoms with Crippen LogP contribution in [0, 0.1) is 0 Å². The largest absolute Gasteiger partial charge is 0.325 e. The Bertz CT molecular complexity index is 1350. The summed E-state index contributed by atoms with van der Waals surface area (Å²) in [5.74, 6) is 1.07. The third-order valence-corrected chi connectivity index (χ3v) is 5.83. The van der Waals surface area contributed by atoms with Crippen LogP contribution >= 0.6 is 11.3 Å². The third-order valence-electron chi connectivity index (χ3n) is 4.89. The first-order valence-electron chi connectivity index (χ1n) is 10.1. The van der Waals surface area contributed by atoms with Crippen LogP contribution in [-0.2, 0) is 11.2 Å². The first kappa shape index (κ1) is 19.8. The van der Waals surface area contributed by atoms with Crippen molar-refractivity contribution in [3.05, 3.63) is 96.0 Å². The summed E-state index contributed by atoms with van der Waals surface area (Å²) >= 11 is 1.54.